The molecule has 40 heavy (non-hydrogen) atoms. The van der Waals surface area contributed by atoms with Gasteiger partial charge in [-0.3, -0.25) is 14.4 Å². The van der Waals surface area contributed by atoms with Crippen LogP contribution in [0.5, 0.6) is 0 Å². The molecule has 1 aliphatic heterocycles. The molecule has 4 aromatic carbocycles. The lowest BCUT2D eigenvalue weighted by molar-refractivity contribution is -0.130. The van der Waals surface area contributed by atoms with Crippen molar-refractivity contribution in [3.63, 3.8) is 0 Å². The van der Waals surface area contributed by atoms with Crippen molar-refractivity contribution >= 4 is 29.1 Å². The first-order valence-electron chi connectivity index (χ1n) is 13.1. The van der Waals surface area contributed by atoms with Crippen molar-refractivity contribution in [2.45, 2.75) is 25.6 Å². The summed E-state index contributed by atoms with van der Waals surface area (Å²) < 4.78 is 0. The zero-order chi connectivity index (χ0) is 28.1. The minimum Gasteiger partial charge on any atom is -0.344 e. The number of benzene rings is 4. The maximum Gasteiger partial charge on any atom is 0.272 e. The largest absolute Gasteiger partial charge is 0.344 e. The Morgan fingerprint density at radius 3 is 2.05 bits per heavy atom. The summed E-state index contributed by atoms with van der Waals surface area (Å²) in [7, 11) is 1.66. The Morgan fingerprint density at radius 2 is 1.38 bits per heavy atom. The monoisotopic (exact) mass is 530 g/mol. The van der Waals surface area contributed by atoms with Crippen LogP contribution >= 0.6 is 0 Å². The lowest BCUT2D eigenvalue weighted by Crippen LogP contribution is -2.52. The maximum atomic E-state index is 13.4. The molecule has 0 aromatic heterocycles. The maximum absolute atomic E-state index is 13.4. The van der Waals surface area contributed by atoms with Crippen LogP contribution in [0.25, 0.3) is 11.1 Å². The molecule has 0 radical (unpaired) electrons. The Balaban J connectivity index is 1.27. The summed E-state index contributed by atoms with van der Waals surface area (Å²) in [5.41, 5.74) is 5.93. The fourth-order valence-corrected chi connectivity index (χ4v) is 4.69. The van der Waals surface area contributed by atoms with Crippen LogP contribution < -0.4 is 15.5 Å². The van der Waals surface area contributed by atoms with Crippen molar-refractivity contribution in [1.29, 1.82) is 0 Å². The zero-order valence-electron chi connectivity index (χ0n) is 22.4. The first-order chi connectivity index (χ1) is 19.4. The fourth-order valence-electron chi connectivity index (χ4n) is 4.69. The number of nitrogens with zero attached hydrogens (tertiary/aromatic N) is 2. The van der Waals surface area contributed by atoms with E-state index in [1.54, 1.807) is 14.0 Å². The summed E-state index contributed by atoms with van der Waals surface area (Å²) in [5, 5.41) is 5.48. The van der Waals surface area contributed by atoms with Crippen molar-refractivity contribution in [2.75, 3.05) is 11.9 Å². The van der Waals surface area contributed by atoms with E-state index < -0.39 is 18.1 Å². The van der Waals surface area contributed by atoms with Crippen LogP contribution in [0.3, 0.4) is 0 Å². The van der Waals surface area contributed by atoms with Gasteiger partial charge in [-0.15, -0.1) is 0 Å². The van der Waals surface area contributed by atoms with E-state index in [2.05, 4.69) is 10.6 Å². The van der Waals surface area contributed by atoms with Crippen molar-refractivity contribution in [3.05, 3.63) is 126 Å². The number of nitrogens with one attached hydrogen (secondary N) is 2. The zero-order valence-corrected chi connectivity index (χ0v) is 22.4. The Kier molecular flexibility index (Phi) is 7.82. The van der Waals surface area contributed by atoms with Gasteiger partial charge < -0.3 is 15.5 Å². The second kappa shape index (κ2) is 11.8. The van der Waals surface area contributed by atoms with Gasteiger partial charge in [0.05, 0.1) is 17.8 Å². The van der Waals surface area contributed by atoms with Gasteiger partial charge in [0.1, 0.15) is 6.04 Å². The Labute approximate surface area is 233 Å². The Bertz CT molecular complexity index is 1550. The number of likely N-dealkylation sites (N-methyl/N-ethyl adjacent to an activating group) is 1. The molecule has 200 valence electrons. The van der Waals surface area contributed by atoms with Crippen LogP contribution in [-0.2, 0) is 20.8 Å². The van der Waals surface area contributed by atoms with Gasteiger partial charge in [-0.05, 0) is 29.7 Å². The molecule has 1 heterocycles. The molecule has 2 N–H and O–H groups in total. The van der Waals surface area contributed by atoms with E-state index in [0.29, 0.717) is 11.4 Å². The average Bonchev–Trinajstić information content (AvgIpc) is 3.09. The number of hydrogen-bond donors (Lipinski definition) is 2. The van der Waals surface area contributed by atoms with Crippen molar-refractivity contribution in [2.24, 2.45) is 4.99 Å². The fraction of sp³-hybridized carbons (Fsp3) is 0.152. The van der Waals surface area contributed by atoms with Crippen LogP contribution in [0.1, 0.15) is 23.6 Å². The third kappa shape index (κ3) is 5.83. The molecular weight excluding hydrogens is 500 g/mol. The number of para-hydroxylation sites is 1. The molecule has 5 rings (SSSR count). The lowest BCUT2D eigenvalue weighted by Gasteiger charge is -2.22. The molecule has 7 heteroatoms. The number of carbonyl (C=O) groups excluding carboxylic acids is 3. The van der Waals surface area contributed by atoms with E-state index in [1.165, 1.54) is 4.90 Å². The highest BCUT2D eigenvalue weighted by atomic mass is 16.2. The number of fused-ring (bicyclic) bond motifs is 1. The van der Waals surface area contributed by atoms with E-state index in [-0.39, 0.29) is 18.2 Å². The normalized spacial score (nSPS) is 15.3. The van der Waals surface area contributed by atoms with E-state index in [0.717, 1.165) is 27.8 Å². The van der Waals surface area contributed by atoms with Gasteiger partial charge in [-0.1, -0.05) is 103 Å². The number of hydrogen-bond acceptors (Lipinski definition) is 4. The summed E-state index contributed by atoms with van der Waals surface area (Å²) >= 11 is 0. The first kappa shape index (κ1) is 26.6. The molecule has 3 amide bonds. The van der Waals surface area contributed by atoms with Gasteiger partial charge in [-0.25, -0.2) is 4.99 Å². The van der Waals surface area contributed by atoms with Gasteiger partial charge in [0.15, 0.2) is 0 Å². The van der Waals surface area contributed by atoms with Crippen LogP contribution in [0.2, 0.25) is 0 Å². The minimum atomic E-state index is -1.15. The third-order valence-electron chi connectivity index (χ3n) is 6.87. The number of benzodiazepines with no additional fused rings is 1. The second-order valence-electron chi connectivity index (χ2n) is 9.70. The van der Waals surface area contributed by atoms with Crippen LogP contribution in [0.15, 0.2) is 114 Å². The molecule has 0 spiro atoms. The van der Waals surface area contributed by atoms with E-state index in [9.17, 15) is 14.4 Å². The van der Waals surface area contributed by atoms with E-state index in [1.807, 2.05) is 109 Å². The van der Waals surface area contributed by atoms with Crippen LogP contribution in [-0.4, -0.2) is 42.7 Å². The van der Waals surface area contributed by atoms with Crippen molar-refractivity contribution in [3.8, 4) is 11.1 Å². The van der Waals surface area contributed by atoms with Gasteiger partial charge in [-0.2, -0.15) is 0 Å². The highest BCUT2D eigenvalue weighted by molar-refractivity contribution is 6.20. The smallest absolute Gasteiger partial charge is 0.272 e. The molecule has 0 saturated heterocycles. The highest BCUT2D eigenvalue weighted by Gasteiger charge is 2.32. The van der Waals surface area contributed by atoms with E-state index >= 15 is 0 Å². The lowest BCUT2D eigenvalue weighted by atomic mass is 10.0. The summed E-state index contributed by atoms with van der Waals surface area (Å²) in [5.74, 6) is -1.16. The Morgan fingerprint density at radius 1 is 0.800 bits per heavy atom. The average molecular weight is 531 g/mol. The molecule has 1 aliphatic rings. The minimum absolute atomic E-state index is 0.128. The number of carbonyl (C=O) groups is 3. The molecule has 0 fully saturated rings. The molecule has 0 bridgehead atoms. The second-order valence-corrected chi connectivity index (χ2v) is 9.70. The molecule has 7 nitrogen and oxygen atoms in total. The summed E-state index contributed by atoms with van der Waals surface area (Å²) in [6.07, 6.45) is -1.02. The molecule has 0 unspecified atom stereocenters. The van der Waals surface area contributed by atoms with Gasteiger partial charge in [0, 0.05) is 18.2 Å². The van der Waals surface area contributed by atoms with Crippen LogP contribution in [0, 0.1) is 0 Å². The number of anilines is 1. The van der Waals surface area contributed by atoms with Gasteiger partial charge >= 0.3 is 0 Å². The molecular formula is C33H30N4O3. The number of aliphatic imine (C=N–C) groups is 1. The molecule has 0 saturated carbocycles. The van der Waals surface area contributed by atoms with E-state index in [4.69, 9.17) is 4.99 Å². The summed E-state index contributed by atoms with van der Waals surface area (Å²) in [6, 6.07) is 33.9. The predicted molar refractivity (Wildman–Crippen MR) is 157 cm³/mol. The molecule has 0 aliphatic carbocycles. The standard InChI is InChI=1S/C33H30N4O3/c1-22(34-29(38)21-23-17-19-25(20-18-23)24-11-5-3-6-12-24)32(39)36-31-33(40)37(2)28-16-10-9-15-27(28)30(35-31)26-13-7-4-8-14-26/h3-20,22,31H,21H2,1-2H3,(H,34,38)(H,36,39)/t22-,31+/m0/s1. The summed E-state index contributed by atoms with van der Waals surface area (Å²) in [6.45, 7) is 1.59. The topological polar surface area (TPSA) is 90.9 Å². The summed E-state index contributed by atoms with van der Waals surface area (Å²) in [4.78, 5) is 45.4. The van der Waals surface area contributed by atoms with Gasteiger partial charge in [0.2, 0.25) is 18.0 Å². The highest BCUT2D eigenvalue weighted by Crippen LogP contribution is 2.27. The van der Waals surface area contributed by atoms with Crippen LogP contribution in [0.4, 0.5) is 5.69 Å². The molecule has 4 aromatic rings. The van der Waals surface area contributed by atoms with Crippen molar-refractivity contribution in [1.82, 2.24) is 10.6 Å². The Hall–Kier alpha value is -5.04. The first-order valence-corrected chi connectivity index (χ1v) is 13.1. The van der Waals surface area contributed by atoms with Gasteiger partial charge in [0.25, 0.3) is 5.91 Å². The third-order valence-corrected chi connectivity index (χ3v) is 6.87. The van der Waals surface area contributed by atoms with Crippen molar-refractivity contribution < 1.29 is 14.4 Å². The molecule has 2 atom stereocenters. The number of rotatable bonds is 7. The number of amides is 3. The SMILES string of the molecule is C[C@H](NC(=O)Cc1ccc(-c2ccccc2)cc1)C(=O)N[C@H]1N=C(c2ccccc2)c2ccccc2N(C)C1=O. The quantitative estimate of drug-likeness (QED) is 0.372. The predicted octanol–water partition coefficient (Wildman–Crippen LogP) is 4.36.